The zero-order chi connectivity index (χ0) is 9.40. The second kappa shape index (κ2) is 7.32. The summed E-state index contributed by atoms with van der Waals surface area (Å²) in [4.78, 5) is 0. The average Bonchev–Trinajstić information content (AvgIpc) is 2.03. The SMILES string of the molecule is C=C(CO)CCNCCC(C)C. The van der Waals surface area contributed by atoms with Gasteiger partial charge in [0.2, 0.25) is 0 Å². The van der Waals surface area contributed by atoms with Crippen LogP contribution in [0.3, 0.4) is 0 Å². The lowest BCUT2D eigenvalue weighted by Gasteiger charge is -2.06. The highest BCUT2D eigenvalue weighted by molar-refractivity contribution is 4.93. The predicted molar refractivity (Wildman–Crippen MR) is 53.2 cm³/mol. The van der Waals surface area contributed by atoms with Gasteiger partial charge in [0.1, 0.15) is 0 Å². The summed E-state index contributed by atoms with van der Waals surface area (Å²) < 4.78 is 0. The van der Waals surface area contributed by atoms with Gasteiger partial charge in [0.15, 0.2) is 0 Å². The Kier molecular flexibility index (Phi) is 7.11. The summed E-state index contributed by atoms with van der Waals surface area (Å²) in [6, 6.07) is 0. The maximum absolute atomic E-state index is 8.65. The van der Waals surface area contributed by atoms with Gasteiger partial charge in [0, 0.05) is 0 Å². The second-order valence-corrected chi connectivity index (χ2v) is 3.59. The molecule has 0 aliphatic heterocycles. The number of nitrogens with one attached hydrogen (secondary N) is 1. The fourth-order valence-corrected chi connectivity index (χ4v) is 0.860. The van der Waals surface area contributed by atoms with Crippen LogP contribution in [0.15, 0.2) is 12.2 Å². The third-order valence-electron chi connectivity index (χ3n) is 1.78. The van der Waals surface area contributed by atoms with Gasteiger partial charge in [-0.2, -0.15) is 0 Å². The van der Waals surface area contributed by atoms with E-state index in [1.165, 1.54) is 6.42 Å². The lowest BCUT2D eigenvalue weighted by molar-refractivity contribution is 0.326. The van der Waals surface area contributed by atoms with Crippen LogP contribution in [0.1, 0.15) is 26.7 Å². The van der Waals surface area contributed by atoms with E-state index in [0.717, 1.165) is 31.0 Å². The normalized spacial score (nSPS) is 10.7. The van der Waals surface area contributed by atoms with Crippen molar-refractivity contribution in [1.29, 1.82) is 0 Å². The van der Waals surface area contributed by atoms with Crippen molar-refractivity contribution < 1.29 is 5.11 Å². The summed E-state index contributed by atoms with van der Waals surface area (Å²) >= 11 is 0. The van der Waals surface area contributed by atoms with Gasteiger partial charge in [-0.05, 0) is 31.8 Å². The Morgan fingerprint density at radius 2 is 2.08 bits per heavy atom. The summed E-state index contributed by atoms with van der Waals surface area (Å²) in [5.74, 6) is 0.763. The first-order valence-corrected chi connectivity index (χ1v) is 4.65. The molecule has 0 radical (unpaired) electrons. The number of hydrogen-bond acceptors (Lipinski definition) is 2. The Labute approximate surface area is 75.7 Å². The Morgan fingerprint density at radius 1 is 1.42 bits per heavy atom. The maximum atomic E-state index is 8.65. The fraction of sp³-hybridized carbons (Fsp3) is 0.800. The number of aliphatic hydroxyl groups excluding tert-OH is 1. The van der Waals surface area contributed by atoms with E-state index >= 15 is 0 Å². The molecule has 0 aliphatic carbocycles. The Morgan fingerprint density at radius 3 is 2.58 bits per heavy atom. The Hall–Kier alpha value is -0.340. The van der Waals surface area contributed by atoms with Gasteiger partial charge in [-0.25, -0.2) is 0 Å². The molecule has 2 nitrogen and oxygen atoms in total. The van der Waals surface area contributed by atoms with Crippen molar-refractivity contribution >= 4 is 0 Å². The molecule has 0 unspecified atom stereocenters. The molecule has 0 aromatic rings. The summed E-state index contributed by atoms with van der Waals surface area (Å²) in [5.41, 5.74) is 0.909. The maximum Gasteiger partial charge on any atom is 0.0639 e. The molecule has 0 saturated carbocycles. The second-order valence-electron chi connectivity index (χ2n) is 3.59. The third-order valence-corrected chi connectivity index (χ3v) is 1.78. The van der Waals surface area contributed by atoms with E-state index in [1.807, 2.05) is 0 Å². The molecule has 0 bridgehead atoms. The van der Waals surface area contributed by atoms with E-state index in [9.17, 15) is 0 Å². The van der Waals surface area contributed by atoms with Crippen LogP contribution in [-0.2, 0) is 0 Å². The van der Waals surface area contributed by atoms with E-state index in [-0.39, 0.29) is 6.61 Å². The predicted octanol–water partition coefficient (Wildman–Crippen LogP) is 1.56. The molecule has 12 heavy (non-hydrogen) atoms. The molecule has 0 aliphatic rings. The van der Waals surface area contributed by atoms with Gasteiger partial charge in [0.25, 0.3) is 0 Å². The van der Waals surface area contributed by atoms with Crippen LogP contribution < -0.4 is 5.32 Å². The van der Waals surface area contributed by atoms with E-state index < -0.39 is 0 Å². The van der Waals surface area contributed by atoms with Gasteiger partial charge in [-0.1, -0.05) is 26.0 Å². The highest BCUT2D eigenvalue weighted by atomic mass is 16.3. The van der Waals surface area contributed by atoms with Crippen LogP contribution in [0.25, 0.3) is 0 Å². The molecule has 0 spiro atoms. The van der Waals surface area contributed by atoms with Crippen molar-refractivity contribution in [3.05, 3.63) is 12.2 Å². The van der Waals surface area contributed by atoms with Crippen molar-refractivity contribution in [2.45, 2.75) is 26.7 Å². The van der Waals surface area contributed by atoms with Gasteiger partial charge in [-0.15, -0.1) is 0 Å². The number of rotatable bonds is 7. The van der Waals surface area contributed by atoms with Gasteiger partial charge in [-0.3, -0.25) is 0 Å². The van der Waals surface area contributed by atoms with Crippen molar-refractivity contribution in [2.75, 3.05) is 19.7 Å². The summed E-state index contributed by atoms with van der Waals surface area (Å²) in [7, 11) is 0. The molecule has 2 heteroatoms. The molecule has 0 heterocycles. The number of hydrogen-bond donors (Lipinski definition) is 2. The number of aliphatic hydroxyl groups is 1. The average molecular weight is 171 g/mol. The minimum absolute atomic E-state index is 0.117. The molecular weight excluding hydrogens is 150 g/mol. The van der Waals surface area contributed by atoms with Crippen LogP contribution in [0.5, 0.6) is 0 Å². The Bertz CT molecular complexity index is 121. The highest BCUT2D eigenvalue weighted by Gasteiger charge is 1.94. The molecule has 2 N–H and O–H groups in total. The van der Waals surface area contributed by atoms with Crippen LogP contribution >= 0.6 is 0 Å². The van der Waals surface area contributed by atoms with Crippen molar-refractivity contribution in [2.24, 2.45) is 5.92 Å². The van der Waals surface area contributed by atoms with E-state index in [1.54, 1.807) is 0 Å². The van der Waals surface area contributed by atoms with E-state index in [2.05, 4.69) is 25.7 Å². The molecule has 0 amide bonds. The standard InChI is InChI=1S/C10H21NO/c1-9(2)4-6-11-7-5-10(3)8-12/h9,11-12H,3-8H2,1-2H3. The van der Waals surface area contributed by atoms with Crippen LogP contribution in [0.2, 0.25) is 0 Å². The third kappa shape index (κ3) is 7.76. The van der Waals surface area contributed by atoms with Gasteiger partial charge >= 0.3 is 0 Å². The molecule has 0 aromatic heterocycles. The largest absolute Gasteiger partial charge is 0.392 e. The zero-order valence-electron chi connectivity index (χ0n) is 8.27. The molecule has 0 saturated heterocycles. The first kappa shape index (κ1) is 11.7. The molecule has 0 aromatic carbocycles. The van der Waals surface area contributed by atoms with Crippen LogP contribution in [0, 0.1) is 5.92 Å². The lowest BCUT2D eigenvalue weighted by atomic mass is 10.1. The van der Waals surface area contributed by atoms with Crippen LogP contribution in [-0.4, -0.2) is 24.8 Å². The quantitative estimate of drug-likeness (QED) is 0.450. The first-order valence-electron chi connectivity index (χ1n) is 4.65. The molecule has 72 valence electrons. The van der Waals surface area contributed by atoms with Crippen LogP contribution in [0.4, 0.5) is 0 Å². The fourth-order valence-electron chi connectivity index (χ4n) is 0.860. The van der Waals surface area contributed by atoms with E-state index in [0.29, 0.717) is 0 Å². The van der Waals surface area contributed by atoms with Crippen molar-refractivity contribution in [3.63, 3.8) is 0 Å². The first-order chi connectivity index (χ1) is 5.66. The zero-order valence-corrected chi connectivity index (χ0v) is 8.27. The Balaban J connectivity index is 3.05. The van der Waals surface area contributed by atoms with E-state index in [4.69, 9.17) is 5.11 Å². The topological polar surface area (TPSA) is 32.3 Å². The van der Waals surface area contributed by atoms with Gasteiger partial charge in [0.05, 0.1) is 6.61 Å². The summed E-state index contributed by atoms with van der Waals surface area (Å²) in [6.07, 6.45) is 2.10. The smallest absolute Gasteiger partial charge is 0.0639 e. The monoisotopic (exact) mass is 171 g/mol. The van der Waals surface area contributed by atoms with Crippen molar-refractivity contribution in [1.82, 2.24) is 5.32 Å². The molecule has 0 atom stereocenters. The molecule has 0 rings (SSSR count). The summed E-state index contributed by atoms with van der Waals surface area (Å²) in [5, 5.41) is 12.0. The van der Waals surface area contributed by atoms with Crippen molar-refractivity contribution in [3.8, 4) is 0 Å². The minimum atomic E-state index is 0.117. The lowest BCUT2D eigenvalue weighted by Crippen LogP contribution is -2.18. The summed E-state index contributed by atoms with van der Waals surface area (Å²) in [6.45, 7) is 10.3. The molecule has 0 fully saturated rings. The minimum Gasteiger partial charge on any atom is -0.392 e. The highest BCUT2D eigenvalue weighted by Crippen LogP contribution is 1.97. The molecular formula is C10H21NO. The van der Waals surface area contributed by atoms with Gasteiger partial charge < -0.3 is 10.4 Å².